The van der Waals surface area contributed by atoms with Crippen LogP contribution in [-0.2, 0) is 11.4 Å². The quantitative estimate of drug-likeness (QED) is 0.581. The number of nitrogens with zero attached hydrogens (tertiary/aromatic N) is 2. The number of ether oxygens (including phenoxy) is 1. The van der Waals surface area contributed by atoms with Crippen LogP contribution in [-0.4, -0.2) is 12.1 Å². The molecular formula is C19H17Cl2N3O2. The van der Waals surface area contributed by atoms with Crippen molar-refractivity contribution in [1.29, 1.82) is 5.26 Å². The molecule has 0 aromatic heterocycles. The smallest absolute Gasteiger partial charge is 0.254 e. The number of benzene rings is 2. The van der Waals surface area contributed by atoms with Gasteiger partial charge in [0.05, 0.1) is 22.3 Å². The number of hydrogen-bond acceptors (Lipinski definition) is 4. The van der Waals surface area contributed by atoms with Crippen LogP contribution in [0.3, 0.4) is 0 Å². The minimum Gasteiger partial charge on any atom is -0.488 e. The maximum Gasteiger partial charge on any atom is 0.254 e. The Kier molecular flexibility index (Phi) is 7.02. The molecule has 0 radical (unpaired) electrons. The zero-order chi connectivity index (χ0) is 19.1. The molecule has 0 bridgehead atoms. The minimum atomic E-state index is -0.446. The van der Waals surface area contributed by atoms with Gasteiger partial charge in [-0.05, 0) is 60.4 Å². The summed E-state index contributed by atoms with van der Waals surface area (Å²) in [6, 6.07) is 10.9. The molecule has 0 saturated carbocycles. The van der Waals surface area contributed by atoms with Gasteiger partial charge in [-0.15, -0.1) is 0 Å². The van der Waals surface area contributed by atoms with Crippen molar-refractivity contribution in [2.45, 2.75) is 26.9 Å². The Labute approximate surface area is 162 Å². The molecule has 0 fully saturated rings. The number of carbonyl (C=O) groups excluding carboxylic acids is 1. The van der Waals surface area contributed by atoms with Gasteiger partial charge in [-0.2, -0.15) is 10.4 Å². The van der Waals surface area contributed by atoms with E-state index in [4.69, 9.17) is 33.2 Å². The number of halogens is 2. The van der Waals surface area contributed by atoms with Gasteiger partial charge in [0.1, 0.15) is 18.8 Å². The Hall–Kier alpha value is -2.55. The van der Waals surface area contributed by atoms with Gasteiger partial charge in [0.15, 0.2) is 0 Å². The first-order chi connectivity index (χ1) is 12.4. The molecule has 2 aromatic carbocycles. The third-order valence-electron chi connectivity index (χ3n) is 3.49. The van der Waals surface area contributed by atoms with Crippen molar-refractivity contribution in [2.75, 3.05) is 0 Å². The summed E-state index contributed by atoms with van der Waals surface area (Å²) in [5.74, 6) is 0.334. The Balaban J connectivity index is 2.06. The van der Waals surface area contributed by atoms with E-state index in [1.807, 2.05) is 32.0 Å². The van der Waals surface area contributed by atoms with Crippen molar-refractivity contribution in [2.24, 2.45) is 5.10 Å². The van der Waals surface area contributed by atoms with Crippen molar-refractivity contribution >= 4 is 35.3 Å². The number of carbonyl (C=O) groups is 1. The zero-order valence-electron chi connectivity index (χ0n) is 14.3. The second-order valence-electron chi connectivity index (χ2n) is 5.65. The first-order valence-corrected chi connectivity index (χ1v) is 8.53. The van der Waals surface area contributed by atoms with Crippen LogP contribution >= 0.6 is 23.2 Å². The van der Waals surface area contributed by atoms with E-state index < -0.39 is 5.91 Å². The highest BCUT2D eigenvalue weighted by Crippen LogP contribution is 2.27. The molecule has 0 spiro atoms. The van der Waals surface area contributed by atoms with Crippen molar-refractivity contribution in [3.8, 4) is 11.8 Å². The monoisotopic (exact) mass is 389 g/mol. The van der Waals surface area contributed by atoms with E-state index in [0.717, 1.165) is 28.0 Å². The second kappa shape index (κ2) is 9.23. The van der Waals surface area contributed by atoms with E-state index in [9.17, 15) is 4.79 Å². The van der Waals surface area contributed by atoms with Gasteiger partial charge in [-0.1, -0.05) is 29.3 Å². The van der Waals surface area contributed by atoms with Gasteiger partial charge in [0.2, 0.25) is 0 Å². The summed E-state index contributed by atoms with van der Waals surface area (Å²) in [6.45, 7) is 4.24. The Morgan fingerprint density at radius 2 is 1.92 bits per heavy atom. The summed E-state index contributed by atoms with van der Waals surface area (Å²) in [7, 11) is 0. The molecule has 0 heterocycles. The fourth-order valence-corrected chi connectivity index (χ4v) is 2.68. The van der Waals surface area contributed by atoms with Crippen LogP contribution in [0.2, 0.25) is 10.0 Å². The van der Waals surface area contributed by atoms with E-state index in [-0.39, 0.29) is 6.42 Å². The Morgan fingerprint density at radius 3 is 2.54 bits per heavy atom. The number of hydrazone groups is 1. The molecule has 0 saturated heterocycles. The normalized spacial score (nSPS) is 10.6. The summed E-state index contributed by atoms with van der Waals surface area (Å²) in [5, 5.41) is 13.3. The van der Waals surface area contributed by atoms with Gasteiger partial charge in [0.25, 0.3) is 5.91 Å². The van der Waals surface area contributed by atoms with Crippen LogP contribution in [0.1, 0.15) is 28.7 Å². The van der Waals surface area contributed by atoms with Crippen LogP contribution < -0.4 is 10.2 Å². The molecule has 2 rings (SSSR count). The SMILES string of the molecule is Cc1cc(/C=N\NC(=O)CC#N)cc(C)c1OCc1ccc(Cl)c(Cl)c1. The molecule has 0 aliphatic carbocycles. The lowest BCUT2D eigenvalue weighted by Crippen LogP contribution is -2.16. The van der Waals surface area contributed by atoms with E-state index in [1.54, 1.807) is 18.2 Å². The molecule has 0 aliphatic heterocycles. The van der Waals surface area contributed by atoms with Gasteiger partial charge in [0, 0.05) is 0 Å². The zero-order valence-corrected chi connectivity index (χ0v) is 15.9. The number of hydrogen-bond donors (Lipinski definition) is 1. The number of aryl methyl sites for hydroxylation is 2. The molecule has 1 N–H and O–H groups in total. The number of amides is 1. The predicted octanol–water partition coefficient (Wildman–Crippen LogP) is 4.55. The van der Waals surface area contributed by atoms with Crippen LogP contribution in [0.4, 0.5) is 0 Å². The van der Waals surface area contributed by atoms with Crippen LogP contribution in [0.25, 0.3) is 0 Å². The highest BCUT2D eigenvalue weighted by Gasteiger charge is 2.07. The molecule has 134 valence electrons. The van der Waals surface area contributed by atoms with Crippen LogP contribution in [0.5, 0.6) is 5.75 Å². The van der Waals surface area contributed by atoms with E-state index in [2.05, 4.69) is 10.5 Å². The fraction of sp³-hybridized carbons (Fsp3) is 0.211. The maximum absolute atomic E-state index is 11.2. The average molecular weight is 390 g/mol. The first kappa shape index (κ1) is 19.8. The van der Waals surface area contributed by atoms with Gasteiger partial charge >= 0.3 is 0 Å². The van der Waals surface area contributed by atoms with Crippen molar-refractivity contribution in [3.05, 3.63) is 62.6 Å². The predicted molar refractivity (Wildman–Crippen MR) is 103 cm³/mol. The summed E-state index contributed by atoms with van der Waals surface area (Å²) in [6.07, 6.45) is 1.30. The Morgan fingerprint density at radius 1 is 1.23 bits per heavy atom. The second-order valence-corrected chi connectivity index (χ2v) is 6.46. The third kappa shape index (κ3) is 5.48. The molecule has 7 heteroatoms. The molecule has 5 nitrogen and oxygen atoms in total. The summed E-state index contributed by atoms with van der Waals surface area (Å²) < 4.78 is 5.93. The highest BCUT2D eigenvalue weighted by atomic mass is 35.5. The average Bonchev–Trinajstić information content (AvgIpc) is 2.57. The first-order valence-electron chi connectivity index (χ1n) is 7.77. The largest absolute Gasteiger partial charge is 0.488 e. The number of rotatable bonds is 6. The Bertz CT molecular complexity index is 866. The number of nitriles is 1. The van der Waals surface area contributed by atoms with Crippen molar-refractivity contribution in [1.82, 2.24) is 5.43 Å². The summed E-state index contributed by atoms with van der Waals surface area (Å²) >= 11 is 11.9. The van der Waals surface area contributed by atoms with Crippen LogP contribution in [0.15, 0.2) is 35.4 Å². The maximum atomic E-state index is 11.2. The van der Waals surface area contributed by atoms with E-state index >= 15 is 0 Å². The molecule has 2 aromatic rings. The van der Waals surface area contributed by atoms with E-state index in [0.29, 0.717) is 16.7 Å². The third-order valence-corrected chi connectivity index (χ3v) is 4.23. The van der Waals surface area contributed by atoms with Gasteiger partial charge < -0.3 is 4.74 Å². The molecular weight excluding hydrogens is 373 g/mol. The molecule has 1 amide bonds. The van der Waals surface area contributed by atoms with Crippen molar-refractivity contribution in [3.63, 3.8) is 0 Å². The highest BCUT2D eigenvalue weighted by molar-refractivity contribution is 6.42. The summed E-state index contributed by atoms with van der Waals surface area (Å²) in [5.41, 5.74) is 5.91. The molecule has 0 aliphatic rings. The lowest BCUT2D eigenvalue weighted by Gasteiger charge is -2.13. The van der Waals surface area contributed by atoms with Gasteiger partial charge in [-0.3, -0.25) is 4.79 Å². The number of nitrogens with one attached hydrogen (secondary N) is 1. The standard InChI is InChI=1S/C19H17Cl2N3O2/c1-12-7-15(10-23-24-18(25)5-6-22)8-13(2)19(12)26-11-14-3-4-16(20)17(21)9-14/h3-4,7-10H,5,11H2,1-2H3,(H,24,25)/b23-10-. The molecule has 26 heavy (non-hydrogen) atoms. The molecule has 0 atom stereocenters. The lowest BCUT2D eigenvalue weighted by molar-refractivity contribution is -0.120. The topological polar surface area (TPSA) is 74.5 Å². The van der Waals surface area contributed by atoms with Crippen LogP contribution in [0, 0.1) is 25.2 Å². The van der Waals surface area contributed by atoms with Crippen molar-refractivity contribution < 1.29 is 9.53 Å². The fourth-order valence-electron chi connectivity index (χ4n) is 2.36. The van der Waals surface area contributed by atoms with E-state index in [1.165, 1.54) is 6.21 Å². The lowest BCUT2D eigenvalue weighted by atomic mass is 10.1. The minimum absolute atomic E-state index is 0.225. The summed E-state index contributed by atoms with van der Waals surface area (Å²) in [4.78, 5) is 11.2. The van der Waals surface area contributed by atoms with Gasteiger partial charge in [-0.25, -0.2) is 5.43 Å². The molecule has 0 unspecified atom stereocenters.